The molecule has 1 aromatic rings. The predicted molar refractivity (Wildman–Crippen MR) is 93.7 cm³/mol. The summed E-state index contributed by atoms with van der Waals surface area (Å²) >= 11 is 6.33. The van der Waals surface area contributed by atoms with E-state index in [0.29, 0.717) is 6.04 Å². The van der Waals surface area contributed by atoms with Crippen LogP contribution in [0.5, 0.6) is 0 Å². The molecule has 1 saturated heterocycles. The zero-order chi connectivity index (χ0) is 15.4. The minimum Gasteiger partial charge on any atom is -0.380 e. The van der Waals surface area contributed by atoms with Gasteiger partial charge in [-0.2, -0.15) is 0 Å². The molecule has 0 amide bonds. The van der Waals surface area contributed by atoms with Crippen LogP contribution in [-0.2, 0) is 0 Å². The van der Waals surface area contributed by atoms with Gasteiger partial charge in [0.2, 0.25) is 0 Å². The summed E-state index contributed by atoms with van der Waals surface area (Å²) in [5.41, 5.74) is 2.23. The first kappa shape index (κ1) is 16.4. The number of rotatable bonds is 5. The number of para-hydroxylation sites is 1. The maximum atomic E-state index is 6.33. The zero-order valence-electron chi connectivity index (χ0n) is 13.7. The molecule has 0 unspecified atom stereocenters. The molecule has 21 heavy (non-hydrogen) atoms. The van der Waals surface area contributed by atoms with Crippen molar-refractivity contribution in [2.24, 2.45) is 5.92 Å². The van der Waals surface area contributed by atoms with E-state index in [4.69, 9.17) is 11.6 Å². The molecule has 4 heteroatoms. The normalized spacial score (nSPS) is 17.2. The van der Waals surface area contributed by atoms with Crippen LogP contribution < -0.4 is 10.2 Å². The smallest absolute Gasteiger partial charge is 0.0786 e. The van der Waals surface area contributed by atoms with E-state index in [0.717, 1.165) is 22.3 Å². The fourth-order valence-electron chi connectivity index (χ4n) is 3.08. The number of anilines is 2. The van der Waals surface area contributed by atoms with Crippen molar-refractivity contribution >= 4 is 23.0 Å². The number of nitrogens with one attached hydrogen (secondary N) is 1. The molecule has 0 aliphatic carbocycles. The van der Waals surface area contributed by atoms with Gasteiger partial charge in [0.05, 0.1) is 16.4 Å². The molecular weight excluding hydrogens is 282 g/mol. The number of nitrogens with zero attached hydrogens (tertiary/aromatic N) is 2. The lowest BCUT2D eigenvalue weighted by Crippen LogP contribution is -2.40. The maximum absolute atomic E-state index is 6.33. The van der Waals surface area contributed by atoms with E-state index in [1.54, 1.807) is 0 Å². The van der Waals surface area contributed by atoms with Gasteiger partial charge < -0.3 is 15.1 Å². The van der Waals surface area contributed by atoms with E-state index < -0.39 is 0 Å². The average molecular weight is 310 g/mol. The molecule has 118 valence electrons. The Hall–Kier alpha value is -0.930. The van der Waals surface area contributed by atoms with Crippen molar-refractivity contribution in [3.8, 4) is 0 Å². The maximum Gasteiger partial charge on any atom is 0.0786 e. The summed E-state index contributed by atoms with van der Waals surface area (Å²) in [4.78, 5) is 4.66. The summed E-state index contributed by atoms with van der Waals surface area (Å²) in [6.07, 6.45) is 2.40. The van der Waals surface area contributed by atoms with E-state index in [9.17, 15) is 0 Å². The van der Waals surface area contributed by atoms with Gasteiger partial charge in [-0.3, -0.25) is 0 Å². The largest absolute Gasteiger partial charge is 0.380 e. The van der Waals surface area contributed by atoms with Crippen molar-refractivity contribution in [2.75, 3.05) is 43.9 Å². The fraction of sp³-hybridized carbons (Fsp3) is 0.647. The van der Waals surface area contributed by atoms with Crippen molar-refractivity contribution in [1.82, 2.24) is 4.90 Å². The molecule has 1 aliphatic rings. The number of piperidine rings is 1. The number of hydrogen-bond acceptors (Lipinski definition) is 3. The fourth-order valence-corrected chi connectivity index (χ4v) is 3.43. The quantitative estimate of drug-likeness (QED) is 0.889. The SMILES string of the molecule is CC(C)CN1CCC(Nc2cccc(Cl)c2N(C)C)CC1. The molecule has 1 N–H and O–H groups in total. The predicted octanol–water partition coefficient (Wildman–Crippen LogP) is 3.94. The molecule has 0 bridgehead atoms. The molecule has 1 aromatic carbocycles. The topological polar surface area (TPSA) is 18.5 Å². The van der Waals surface area contributed by atoms with Crippen LogP contribution >= 0.6 is 11.6 Å². The van der Waals surface area contributed by atoms with Crippen LogP contribution in [0.2, 0.25) is 5.02 Å². The van der Waals surface area contributed by atoms with Gasteiger partial charge in [-0.05, 0) is 30.9 Å². The Labute approximate surface area is 134 Å². The van der Waals surface area contributed by atoms with E-state index in [2.05, 4.69) is 35.0 Å². The number of halogens is 1. The van der Waals surface area contributed by atoms with Crippen LogP contribution in [-0.4, -0.2) is 44.7 Å². The summed E-state index contributed by atoms with van der Waals surface area (Å²) in [6, 6.07) is 6.64. The lowest BCUT2D eigenvalue weighted by atomic mass is 10.0. The van der Waals surface area contributed by atoms with Gasteiger partial charge in [0.15, 0.2) is 0 Å². The van der Waals surface area contributed by atoms with Crippen LogP contribution in [0.3, 0.4) is 0 Å². The minimum atomic E-state index is 0.547. The van der Waals surface area contributed by atoms with Gasteiger partial charge in [-0.25, -0.2) is 0 Å². The summed E-state index contributed by atoms with van der Waals surface area (Å²) in [5, 5.41) is 4.50. The molecule has 1 heterocycles. The first-order valence-corrected chi connectivity index (χ1v) is 8.30. The van der Waals surface area contributed by atoms with Crippen molar-refractivity contribution < 1.29 is 0 Å². The van der Waals surface area contributed by atoms with Gasteiger partial charge in [-0.1, -0.05) is 31.5 Å². The Kier molecular flexibility index (Phi) is 5.77. The Balaban J connectivity index is 1.96. The highest BCUT2D eigenvalue weighted by Gasteiger charge is 2.20. The minimum absolute atomic E-state index is 0.547. The highest BCUT2D eigenvalue weighted by Crippen LogP contribution is 2.33. The van der Waals surface area contributed by atoms with E-state index in [1.165, 1.54) is 32.5 Å². The molecule has 0 aromatic heterocycles. The Bertz CT molecular complexity index is 451. The summed E-state index contributed by atoms with van der Waals surface area (Å²) in [6.45, 7) is 8.17. The zero-order valence-corrected chi connectivity index (χ0v) is 14.5. The van der Waals surface area contributed by atoms with Gasteiger partial charge in [0.25, 0.3) is 0 Å². The molecule has 1 fully saturated rings. The number of hydrogen-bond donors (Lipinski definition) is 1. The average Bonchev–Trinajstić information content (AvgIpc) is 2.40. The summed E-state index contributed by atoms with van der Waals surface area (Å²) in [5.74, 6) is 0.753. The Morgan fingerprint density at radius 2 is 1.95 bits per heavy atom. The third kappa shape index (κ3) is 4.52. The van der Waals surface area contributed by atoms with Gasteiger partial charge in [0, 0.05) is 39.8 Å². The van der Waals surface area contributed by atoms with Crippen molar-refractivity contribution in [1.29, 1.82) is 0 Å². The van der Waals surface area contributed by atoms with Crippen LogP contribution in [0.15, 0.2) is 18.2 Å². The lowest BCUT2D eigenvalue weighted by Gasteiger charge is -2.34. The first-order valence-electron chi connectivity index (χ1n) is 7.92. The second kappa shape index (κ2) is 7.37. The third-order valence-corrected chi connectivity index (χ3v) is 4.31. The van der Waals surface area contributed by atoms with Gasteiger partial charge in [-0.15, -0.1) is 0 Å². The third-order valence-electron chi connectivity index (χ3n) is 4.00. The van der Waals surface area contributed by atoms with Gasteiger partial charge in [0.1, 0.15) is 0 Å². The van der Waals surface area contributed by atoms with Crippen molar-refractivity contribution in [2.45, 2.75) is 32.7 Å². The highest BCUT2D eigenvalue weighted by atomic mass is 35.5. The Morgan fingerprint density at radius 1 is 1.29 bits per heavy atom. The van der Waals surface area contributed by atoms with Crippen molar-refractivity contribution in [3.05, 3.63) is 23.2 Å². The molecular formula is C17H28ClN3. The van der Waals surface area contributed by atoms with E-state index >= 15 is 0 Å². The molecule has 2 rings (SSSR count). The molecule has 0 atom stereocenters. The second-order valence-corrected chi connectivity index (χ2v) is 7.05. The summed E-state index contributed by atoms with van der Waals surface area (Å²) < 4.78 is 0. The Morgan fingerprint density at radius 3 is 2.52 bits per heavy atom. The molecule has 0 spiro atoms. The number of benzene rings is 1. The highest BCUT2D eigenvalue weighted by molar-refractivity contribution is 6.34. The van der Waals surface area contributed by atoms with Crippen LogP contribution in [0.4, 0.5) is 11.4 Å². The van der Waals surface area contributed by atoms with Crippen molar-refractivity contribution in [3.63, 3.8) is 0 Å². The standard InChI is InChI=1S/C17H28ClN3/c1-13(2)12-21-10-8-14(9-11-21)19-16-7-5-6-15(18)17(16)20(3)4/h5-7,13-14,19H,8-12H2,1-4H3. The lowest BCUT2D eigenvalue weighted by molar-refractivity contribution is 0.198. The van der Waals surface area contributed by atoms with Crippen LogP contribution in [0.1, 0.15) is 26.7 Å². The van der Waals surface area contributed by atoms with Crippen LogP contribution in [0.25, 0.3) is 0 Å². The van der Waals surface area contributed by atoms with E-state index in [1.807, 2.05) is 26.2 Å². The molecule has 3 nitrogen and oxygen atoms in total. The molecule has 0 saturated carbocycles. The van der Waals surface area contributed by atoms with E-state index in [-0.39, 0.29) is 0 Å². The first-order chi connectivity index (χ1) is 9.97. The van der Waals surface area contributed by atoms with Crippen LogP contribution in [0, 0.1) is 5.92 Å². The molecule has 0 radical (unpaired) electrons. The van der Waals surface area contributed by atoms with Gasteiger partial charge >= 0.3 is 0 Å². The molecule has 1 aliphatic heterocycles. The second-order valence-electron chi connectivity index (χ2n) is 6.64. The number of likely N-dealkylation sites (tertiary alicyclic amines) is 1. The summed E-state index contributed by atoms with van der Waals surface area (Å²) in [7, 11) is 4.08. The monoisotopic (exact) mass is 309 g/mol.